The second kappa shape index (κ2) is 6.08. The van der Waals surface area contributed by atoms with Crippen molar-refractivity contribution in [2.45, 2.75) is 31.2 Å². The smallest absolute Gasteiger partial charge is 0.264 e. The molecule has 0 N–H and O–H groups in total. The summed E-state index contributed by atoms with van der Waals surface area (Å²) in [6.45, 7) is 8.22. The first-order chi connectivity index (χ1) is 8.65. The fourth-order valence-corrected chi connectivity index (χ4v) is 3.67. The minimum Gasteiger partial charge on any atom is -0.336 e. The molecule has 1 aliphatic rings. The van der Waals surface area contributed by atoms with Crippen molar-refractivity contribution in [1.82, 2.24) is 9.80 Å². The zero-order valence-electron chi connectivity index (χ0n) is 10.9. The molecule has 18 heavy (non-hydrogen) atoms. The summed E-state index contributed by atoms with van der Waals surface area (Å²) in [6, 6.07) is 2.39. The summed E-state index contributed by atoms with van der Waals surface area (Å²) in [5, 5.41) is 1.91. The Kier molecular flexibility index (Phi) is 4.70. The molecule has 1 atom stereocenters. The van der Waals surface area contributed by atoms with E-state index in [1.807, 2.05) is 16.3 Å². The lowest BCUT2D eigenvalue weighted by molar-refractivity contribution is 0.0782. The van der Waals surface area contributed by atoms with E-state index >= 15 is 0 Å². The van der Waals surface area contributed by atoms with Crippen LogP contribution in [0.1, 0.15) is 29.9 Å². The summed E-state index contributed by atoms with van der Waals surface area (Å²) in [7, 11) is 0. The zero-order valence-corrected chi connectivity index (χ0v) is 12.6. The lowest BCUT2D eigenvalue weighted by Gasteiger charge is -2.26. The van der Waals surface area contributed by atoms with Crippen molar-refractivity contribution in [2.75, 3.05) is 26.2 Å². The third-order valence-corrected chi connectivity index (χ3v) is 4.93. The van der Waals surface area contributed by atoms with Gasteiger partial charge >= 0.3 is 0 Å². The fraction of sp³-hybridized carbons (Fsp3) is 0.615. The molecule has 0 saturated carbocycles. The van der Waals surface area contributed by atoms with Crippen molar-refractivity contribution < 1.29 is 4.79 Å². The molecule has 5 heteroatoms. The summed E-state index contributed by atoms with van der Waals surface area (Å²) < 4.78 is 0. The minimum atomic E-state index is 0.162. The number of thiophene rings is 1. The maximum atomic E-state index is 12.3. The highest BCUT2D eigenvalue weighted by Gasteiger charge is 2.30. The first-order valence-corrected chi connectivity index (χ1v) is 7.79. The molecule has 0 spiro atoms. The van der Waals surface area contributed by atoms with Gasteiger partial charge in [0.1, 0.15) is 0 Å². The number of hydrogen-bond donors (Lipinski definition) is 1. The second-order valence-electron chi connectivity index (χ2n) is 4.58. The molecule has 3 nitrogen and oxygen atoms in total. The van der Waals surface area contributed by atoms with Crippen molar-refractivity contribution in [3.8, 4) is 0 Å². The fourth-order valence-electron chi connectivity index (χ4n) is 2.56. The van der Waals surface area contributed by atoms with Crippen molar-refractivity contribution in [3.63, 3.8) is 0 Å². The van der Waals surface area contributed by atoms with Gasteiger partial charge in [-0.15, -0.1) is 24.0 Å². The van der Waals surface area contributed by atoms with Crippen LogP contribution in [0.25, 0.3) is 0 Å². The van der Waals surface area contributed by atoms with Gasteiger partial charge in [-0.25, -0.2) is 0 Å². The number of carbonyl (C=O) groups is 1. The Morgan fingerprint density at radius 2 is 2.28 bits per heavy atom. The third kappa shape index (κ3) is 2.90. The van der Waals surface area contributed by atoms with E-state index in [0.717, 1.165) is 42.4 Å². The summed E-state index contributed by atoms with van der Waals surface area (Å²) >= 11 is 5.74. The first kappa shape index (κ1) is 13.9. The third-order valence-electron chi connectivity index (χ3n) is 3.58. The summed E-state index contributed by atoms with van der Waals surface area (Å²) in [5.41, 5.74) is 0. The van der Waals surface area contributed by atoms with Crippen LogP contribution in [0.15, 0.2) is 16.3 Å². The number of likely N-dealkylation sites (tertiary alicyclic amines) is 1. The number of amides is 1. The van der Waals surface area contributed by atoms with Crippen LogP contribution in [0.5, 0.6) is 0 Å². The molecule has 2 rings (SSSR count). The highest BCUT2D eigenvalue weighted by Crippen LogP contribution is 2.23. The Morgan fingerprint density at radius 3 is 2.83 bits per heavy atom. The average molecular weight is 284 g/mol. The van der Waals surface area contributed by atoms with E-state index in [-0.39, 0.29) is 5.91 Å². The minimum absolute atomic E-state index is 0.162. The van der Waals surface area contributed by atoms with Crippen LogP contribution in [-0.4, -0.2) is 47.9 Å². The standard InChI is InChI=1S/C13H20N2OS2/c1-3-14(4-2)10-5-6-15(8-10)13(16)12-7-11(17)9-18-12/h7,9-10,17H,3-6,8H2,1-2H3. The number of hydrogen-bond acceptors (Lipinski definition) is 4. The number of carbonyl (C=O) groups excluding carboxylic acids is 1. The zero-order chi connectivity index (χ0) is 13.1. The maximum absolute atomic E-state index is 12.3. The van der Waals surface area contributed by atoms with Crippen molar-refractivity contribution in [2.24, 2.45) is 0 Å². The van der Waals surface area contributed by atoms with Crippen LogP contribution in [0.2, 0.25) is 0 Å². The quantitative estimate of drug-likeness (QED) is 0.859. The van der Waals surface area contributed by atoms with Crippen LogP contribution in [0.4, 0.5) is 0 Å². The van der Waals surface area contributed by atoms with Gasteiger partial charge in [0.2, 0.25) is 0 Å². The largest absolute Gasteiger partial charge is 0.336 e. The highest BCUT2D eigenvalue weighted by atomic mass is 32.1. The van der Waals surface area contributed by atoms with Crippen molar-refractivity contribution >= 4 is 29.9 Å². The lowest BCUT2D eigenvalue weighted by Crippen LogP contribution is -2.38. The molecule has 100 valence electrons. The maximum Gasteiger partial charge on any atom is 0.264 e. The van der Waals surface area contributed by atoms with E-state index in [2.05, 4.69) is 31.4 Å². The van der Waals surface area contributed by atoms with E-state index in [9.17, 15) is 4.79 Å². The molecule has 1 aromatic rings. The van der Waals surface area contributed by atoms with Crippen LogP contribution in [0.3, 0.4) is 0 Å². The summed E-state index contributed by atoms with van der Waals surface area (Å²) in [5.74, 6) is 0.162. The van der Waals surface area contributed by atoms with E-state index in [0.29, 0.717) is 6.04 Å². The van der Waals surface area contributed by atoms with E-state index in [4.69, 9.17) is 0 Å². The summed E-state index contributed by atoms with van der Waals surface area (Å²) in [4.78, 5) is 18.4. The molecule has 1 aliphatic heterocycles. The molecule has 1 unspecified atom stereocenters. The Labute approximate surface area is 118 Å². The topological polar surface area (TPSA) is 23.6 Å². The van der Waals surface area contributed by atoms with E-state index in [1.165, 1.54) is 11.3 Å². The van der Waals surface area contributed by atoms with Gasteiger partial charge in [-0.1, -0.05) is 13.8 Å². The number of nitrogens with zero attached hydrogens (tertiary/aromatic N) is 2. The predicted octanol–water partition coefficient (Wildman–Crippen LogP) is 2.59. The Hall–Kier alpha value is -0.520. The van der Waals surface area contributed by atoms with E-state index < -0.39 is 0 Å². The van der Waals surface area contributed by atoms with Crippen LogP contribution in [0, 0.1) is 0 Å². The normalized spacial score (nSPS) is 19.8. The number of rotatable bonds is 4. The molecule has 1 fully saturated rings. The van der Waals surface area contributed by atoms with Gasteiger partial charge in [0, 0.05) is 29.4 Å². The summed E-state index contributed by atoms with van der Waals surface area (Å²) in [6.07, 6.45) is 1.09. The monoisotopic (exact) mass is 284 g/mol. The molecule has 0 aromatic carbocycles. The molecule has 1 saturated heterocycles. The lowest BCUT2D eigenvalue weighted by atomic mass is 10.2. The molecule has 1 aromatic heterocycles. The molecule has 0 aliphatic carbocycles. The van der Waals surface area contributed by atoms with E-state index in [1.54, 1.807) is 0 Å². The van der Waals surface area contributed by atoms with Gasteiger partial charge < -0.3 is 4.90 Å². The molecular formula is C13H20N2OS2. The Balaban J connectivity index is 1.98. The average Bonchev–Trinajstić information content (AvgIpc) is 2.99. The van der Waals surface area contributed by atoms with Crippen LogP contribution >= 0.6 is 24.0 Å². The predicted molar refractivity (Wildman–Crippen MR) is 78.8 cm³/mol. The first-order valence-electron chi connectivity index (χ1n) is 6.46. The highest BCUT2D eigenvalue weighted by molar-refractivity contribution is 7.80. The van der Waals surface area contributed by atoms with Gasteiger partial charge in [-0.3, -0.25) is 9.69 Å². The Morgan fingerprint density at radius 1 is 1.56 bits per heavy atom. The molecule has 2 heterocycles. The van der Waals surface area contributed by atoms with Gasteiger partial charge in [0.25, 0.3) is 5.91 Å². The molecule has 0 bridgehead atoms. The number of thiol groups is 1. The van der Waals surface area contributed by atoms with Gasteiger partial charge in [0.05, 0.1) is 4.88 Å². The number of likely N-dealkylation sites (N-methyl/N-ethyl adjacent to an activating group) is 1. The molecule has 1 amide bonds. The molecular weight excluding hydrogens is 264 g/mol. The van der Waals surface area contributed by atoms with Crippen molar-refractivity contribution in [3.05, 3.63) is 16.3 Å². The molecule has 0 radical (unpaired) electrons. The van der Waals surface area contributed by atoms with Crippen LogP contribution < -0.4 is 0 Å². The second-order valence-corrected chi connectivity index (χ2v) is 6.01. The van der Waals surface area contributed by atoms with Crippen molar-refractivity contribution in [1.29, 1.82) is 0 Å². The Bertz CT molecular complexity index is 415. The van der Waals surface area contributed by atoms with Gasteiger partial charge in [-0.05, 0) is 25.6 Å². The van der Waals surface area contributed by atoms with Gasteiger partial charge in [-0.2, -0.15) is 0 Å². The van der Waals surface area contributed by atoms with Crippen LogP contribution in [-0.2, 0) is 0 Å². The van der Waals surface area contributed by atoms with Gasteiger partial charge in [0.15, 0.2) is 0 Å². The SMILES string of the molecule is CCN(CC)C1CCN(C(=O)c2cc(S)cs2)C1.